The molecule has 27 heavy (non-hydrogen) atoms. The van der Waals surface area contributed by atoms with E-state index in [-0.39, 0.29) is 0 Å². The Labute approximate surface area is 167 Å². The number of carbonyl (C=O) groups excluding carboxylic acids is 1. The molecule has 11 unspecified atom stereocenters. The molecule has 0 spiro atoms. The number of hydrogen-bond donors (Lipinski definition) is 0. The average molecular weight is 371 g/mol. The zero-order chi connectivity index (χ0) is 19.1. The molecule has 152 valence electrons. The lowest BCUT2D eigenvalue weighted by Gasteiger charge is -2.61. The van der Waals surface area contributed by atoms with Crippen LogP contribution in [0.5, 0.6) is 0 Å². The van der Waals surface area contributed by atoms with Crippen molar-refractivity contribution in [3.63, 3.8) is 0 Å². The van der Waals surface area contributed by atoms with E-state index in [0.717, 1.165) is 41.4 Å². The fourth-order valence-electron chi connectivity index (χ4n) is 9.92. The van der Waals surface area contributed by atoms with Gasteiger partial charge in [0.2, 0.25) is 0 Å². The molecule has 11 atom stereocenters. The summed E-state index contributed by atoms with van der Waals surface area (Å²) in [6, 6.07) is 0. The van der Waals surface area contributed by atoms with E-state index in [1.165, 1.54) is 51.4 Å². The first-order valence-electron chi connectivity index (χ1n) is 12.3. The van der Waals surface area contributed by atoms with Crippen LogP contribution in [0.2, 0.25) is 0 Å². The van der Waals surface area contributed by atoms with Crippen molar-refractivity contribution in [1.82, 2.24) is 0 Å². The molecule has 0 heterocycles. The molecular formula is C26H42O. The number of ketones is 1. The maximum Gasteiger partial charge on any atom is 0.133 e. The Morgan fingerprint density at radius 1 is 0.778 bits per heavy atom. The molecule has 0 N–H and O–H groups in total. The van der Waals surface area contributed by atoms with Crippen LogP contribution in [0.4, 0.5) is 0 Å². The second-order valence-electron chi connectivity index (χ2n) is 12.4. The lowest BCUT2D eigenvalue weighted by atomic mass is 9.44. The van der Waals surface area contributed by atoms with Crippen molar-refractivity contribution >= 4 is 5.78 Å². The summed E-state index contributed by atoms with van der Waals surface area (Å²) < 4.78 is 0. The number of rotatable bonds is 2. The van der Waals surface area contributed by atoms with Crippen molar-refractivity contribution in [2.24, 2.45) is 64.1 Å². The van der Waals surface area contributed by atoms with Gasteiger partial charge in [-0.15, -0.1) is 0 Å². The van der Waals surface area contributed by atoms with Crippen LogP contribution in [0.3, 0.4) is 0 Å². The van der Waals surface area contributed by atoms with Gasteiger partial charge in [0.25, 0.3) is 0 Å². The van der Waals surface area contributed by atoms with Crippen molar-refractivity contribution in [3.8, 4) is 0 Å². The Morgan fingerprint density at radius 3 is 2.15 bits per heavy atom. The fraction of sp³-hybridized carbons (Fsp3) is 0.962. The summed E-state index contributed by atoms with van der Waals surface area (Å²) in [6.07, 6.45) is 13.1. The van der Waals surface area contributed by atoms with Crippen LogP contribution in [-0.4, -0.2) is 5.78 Å². The first-order chi connectivity index (χ1) is 12.8. The topological polar surface area (TPSA) is 17.1 Å². The lowest BCUT2D eigenvalue weighted by Crippen LogP contribution is -2.54. The van der Waals surface area contributed by atoms with E-state index >= 15 is 0 Å². The first-order valence-corrected chi connectivity index (χ1v) is 12.3. The molecule has 0 bridgehead atoms. The van der Waals surface area contributed by atoms with Crippen molar-refractivity contribution < 1.29 is 4.79 Å². The number of hydrogen-bond acceptors (Lipinski definition) is 1. The van der Waals surface area contributed by atoms with Gasteiger partial charge in [-0.2, -0.15) is 0 Å². The molecule has 5 fully saturated rings. The normalized spacial score (nSPS) is 59.5. The third-order valence-electron chi connectivity index (χ3n) is 11.3. The number of Topliss-reactive ketones (excluding diaryl/α,β-unsaturated/α-hetero) is 1. The van der Waals surface area contributed by atoms with Crippen molar-refractivity contribution in [1.29, 1.82) is 0 Å². The molecule has 0 amide bonds. The molecule has 0 aromatic heterocycles. The summed E-state index contributed by atoms with van der Waals surface area (Å²) in [6.45, 7) is 11.9. The van der Waals surface area contributed by atoms with Crippen molar-refractivity contribution in [3.05, 3.63) is 0 Å². The lowest BCUT2D eigenvalue weighted by molar-refractivity contribution is -0.136. The van der Waals surface area contributed by atoms with Gasteiger partial charge in [-0.05, 0) is 123 Å². The smallest absolute Gasteiger partial charge is 0.133 e. The molecule has 1 nitrogen and oxygen atoms in total. The Morgan fingerprint density at radius 2 is 1.48 bits per heavy atom. The summed E-state index contributed by atoms with van der Waals surface area (Å²) in [4.78, 5) is 12.5. The molecular weight excluding hydrogens is 328 g/mol. The van der Waals surface area contributed by atoms with E-state index < -0.39 is 0 Å². The third kappa shape index (κ3) is 2.58. The van der Waals surface area contributed by atoms with Gasteiger partial charge in [0.1, 0.15) is 5.78 Å². The SMILES string of the molecule is CC(=O)C1C(C)CC2C3CCC4CC(C5CC5C)CCC4(C)C3CCC21C. The van der Waals surface area contributed by atoms with Gasteiger partial charge < -0.3 is 0 Å². The van der Waals surface area contributed by atoms with Gasteiger partial charge in [0, 0.05) is 5.92 Å². The fourth-order valence-corrected chi connectivity index (χ4v) is 9.92. The Hall–Kier alpha value is -0.330. The van der Waals surface area contributed by atoms with Crippen LogP contribution in [0, 0.1) is 64.1 Å². The predicted octanol–water partition coefficient (Wildman–Crippen LogP) is 6.75. The van der Waals surface area contributed by atoms with E-state index in [9.17, 15) is 4.79 Å². The van der Waals surface area contributed by atoms with Crippen LogP contribution < -0.4 is 0 Å². The minimum Gasteiger partial charge on any atom is -0.300 e. The second kappa shape index (κ2) is 6.09. The summed E-state index contributed by atoms with van der Waals surface area (Å²) in [5.41, 5.74) is 0.909. The van der Waals surface area contributed by atoms with Gasteiger partial charge in [0.15, 0.2) is 0 Å². The van der Waals surface area contributed by atoms with Gasteiger partial charge in [-0.25, -0.2) is 0 Å². The van der Waals surface area contributed by atoms with Crippen LogP contribution >= 0.6 is 0 Å². The Kier molecular flexibility index (Phi) is 4.21. The Bertz CT molecular complexity index is 624. The summed E-state index contributed by atoms with van der Waals surface area (Å²) in [5.74, 6) is 8.25. The second-order valence-corrected chi connectivity index (χ2v) is 12.4. The van der Waals surface area contributed by atoms with E-state index in [1.807, 2.05) is 6.92 Å². The highest BCUT2D eigenvalue weighted by Gasteiger charge is 2.62. The van der Waals surface area contributed by atoms with Crippen LogP contribution in [0.25, 0.3) is 0 Å². The maximum absolute atomic E-state index is 12.5. The third-order valence-corrected chi connectivity index (χ3v) is 11.3. The summed E-state index contributed by atoms with van der Waals surface area (Å²) in [5, 5.41) is 0. The molecule has 1 heteroatoms. The molecule has 5 aliphatic rings. The van der Waals surface area contributed by atoms with Gasteiger partial charge >= 0.3 is 0 Å². The molecule has 0 radical (unpaired) electrons. The molecule has 5 saturated carbocycles. The molecule has 0 aliphatic heterocycles. The molecule has 0 aromatic carbocycles. The van der Waals surface area contributed by atoms with Gasteiger partial charge in [-0.3, -0.25) is 4.79 Å². The highest BCUT2D eigenvalue weighted by molar-refractivity contribution is 5.80. The van der Waals surface area contributed by atoms with Crippen LogP contribution in [0.1, 0.15) is 92.4 Å². The van der Waals surface area contributed by atoms with Crippen LogP contribution in [0.15, 0.2) is 0 Å². The van der Waals surface area contributed by atoms with E-state index in [2.05, 4.69) is 27.7 Å². The average Bonchev–Trinajstić information content (AvgIpc) is 3.25. The van der Waals surface area contributed by atoms with Gasteiger partial charge in [0.05, 0.1) is 0 Å². The summed E-state index contributed by atoms with van der Waals surface area (Å²) in [7, 11) is 0. The van der Waals surface area contributed by atoms with Gasteiger partial charge in [-0.1, -0.05) is 27.7 Å². The largest absolute Gasteiger partial charge is 0.300 e. The zero-order valence-corrected chi connectivity index (χ0v) is 18.5. The molecule has 5 rings (SSSR count). The van der Waals surface area contributed by atoms with E-state index in [0.29, 0.717) is 28.4 Å². The molecule has 0 saturated heterocycles. The first kappa shape index (κ1) is 18.7. The summed E-state index contributed by atoms with van der Waals surface area (Å²) >= 11 is 0. The highest BCUT2D eigenvalue weighted by atomic mass is 16.1. The molecule has 5 aliphatic carbocycles. The van der Waals surface area contributed by atoms with Crippen molar-refractivity contribution in [2.45, 2.75) is 92.4 Å². The highest BCUT2D eigenvalue weighted by Crippen LogP contribution is 2.69. The monoisotopic (exact) mass is 370 g/mol. The number of carbonyl (C=O) groups is 1. The zero-order valence-electron chi connectivity index (χ0n) is 18.5. The standard InChI is InChI=1S/C26H42O/c1-15-12-21(15)18-8-10-25(4)19(14-18)6-7-20-22(25)9-11-26(5)23(20)13-16(2)24(26)17(3)27/h15-16,18-24H,6-14H2,1-5H3. The Balaban J connectivity index is 1.38. The van der Waals surface area contributed by atoms with Crippen molar-refractivity contribution in [2.75, 3.05) is 0 Å². The maximum atomic E-state index is 12.5. The quantitative estimate of drug-likeness (QED) is 0.525. The van der Waals surface area contributed by atoms with E-state index in [1.54, 1.807) is 6.42 Å². The minimum absolute atomic E-state index is 0.302. The van der Waals surface area contributed by atoms with Crippen LogP contribution in [-0.2, 0) is 4.79 Å². The molecule has 0 aromatic rings. The van der Waals surface area contributed by atoms with E-state index in [4.69, 9.17) is 0 Å². The minimum atomic E-state index is 0.302. The number of fused-ring (bicyclic) bond motifs is 5. The predicted molar refractivity (Wildman–Crippen MR) is 111 cm³/mol.